The highest BCUT2D eigenvalue weighted by atomic mass is 16.5. The van der Waals surface area contributed by atoms with Crippen LogP contribution in [0.25, 0.3) is 0 Å². The second-order valence-electron chi connectivity index (χ2n) is 5.46. The Morgan fingerprint density at radius 2 is 2.44 bits per heavy atom. The molecule has 3 aliphatic rings. The van der Waals surface area contributed by atoms with Crippen LogP contribution in [0.2, 0.25) is 0 Å². The molecule has 0 aliphatic carbocycles. The number of nitrogens with zero attached hydrogens (tertiary/aromatic N) is 1. The molecule has 3 heterocycles. The third kappa shape index (κ3) is 1.25. The summed E-state index contributed by atoms with van der Waals surface area (Å²) in [5.41, 5.74) is -0.686. The fourth-order valence-corrected chi connectivity index (χ4v) is 3.40. The minimum absolute atomic E-state index is 0.0661. The van der Waals surface area contributed by atoms with Crippen molar-refractivity contribution in [2.24, 2.45) is 11.8 Å². The normalized spacial score (nSPS) is 42.4. The number of carbonyl (C=O) groups is 2. The molecule has 0 aromatic rings. The van der Waals surface area contributed by atoms with Crippen molar-refractivity contribution in [3.05, 3.63) is 12.2 Å². The second kappa shape index (κ2) is 3.57. The van der Waals surface area contributed by atoms with Gasteiger partial charge in [0.05, 0.1) is 18.6 Å². The molecule has 5 heteroatoms. The van der Waals surface area contributed by atoms with Crippen LogP contribution in [-0.4, -0.2) is 46.2 Å². The summed E-state index contributed by atoms with van der Waals surface area (Å²) in [5.74, 6) is -2.27. The monoisotopic (exact) mass is 251 g/mol. The van der Waals surface area contributed by atoms with Gasteiger partial charge in [-0.2, -0.15) is 0 Å². The maximum atomic E-state index is 12.4. The summed E-state index contributed by atoms with van der Waals surface area (Å²) < 4.78 is 5.80. The first kappa shape index (κ1) is 11.7. The number of rotatable bonds is 3. The smallest absolute Gasteiger partial charge is 0.310 e. The molecular formula is C13H17NO4. The van der Waals surface area contributed by atoms with E-state index >= 15 is 0 Å². The Morgan fingerprint density at radius 3 is 3.06 bits per heavy atom. The lowest BCUT2D eigenvalue weighted by molar-refractivity contribution is -0.148. The third-order valence-corrected chi connectivity index (χ3v) is 4.54. The van der Waals surface area contributed by atoms with E-state index in [4.69, 9.17) is 4.74 Å². The lowest BCUT2D eigenvalue weighted by atomic mass is 9.77. The standard InChI is InChI=1S/C13H17NO4/c1-3-7(2)14-6-13-5-4-8(18-13)9(12(16)17)10(13)11(14)15/h4-5,7-10H,3,6H2,1-2H3,(H,16,17)/t7-,8+,9-,10-,13+/m1/s1. The minimum Gasteiger partial charge on any atom is -0.481 e. The Bertz CT molecular complexity index is 446. The second-order valence-corrected chi connectivity index (χ2v) is 5.46. The van der Waals surface area contributed by atoms with Gasteiger partial charge in [0.15, 0.2) is 0 Å². The molecule has 1 spiro atoms. The van der Waals surface area contributed by atoms with E-state index in [1.54, 1.807) is 11.0 Å². The molecule has 0 unspecified atom stereocenters. The Morgan fingerprint density at radius 1 is 1.72 bits per heavy atom. The van der Waals surface area contributed by atoms with E-state index < -0.39 is 29.5 Å². The maximum absolute atomic E-state index is 12.4. The summed E-state index contributed by atoms with van der Waals surface area (Å²) in [4.78, 5) is 25.5. The molecule has 5 nitrogen and oxygen atoms in total. The van der Waals surface area contributed by atoms with Crippen molar-refractivity contribution in [3.8, 4) is 0 Å². The van der Waals surface area contributed by atoms with Gasteiger partial charge in [-0.05, 0) is 13.3 Å². The quantitative estimate of drug-likeness (QED) is 0.748. The zero-order chi connectivity index (χ0) is 13.1. The van der Waals surface area contributed by atoms with E-state index in [2.05, 4.69) is 0 Å². The number of hydrogen-bond acceptors (Lipinski definition) is 3. The van der Waals surface area contributed by atoms with Crippen LogP contribution in [0.15, 0.2) is 12.2 Å². The molecule has 0 aromatic heterocycles. The summed E-state index contributed by atoms with van der Waals surface area (Å²) in [5, 5.41) is 9.29. The molecule has 1 amide bonds. The molecule has 2 bridgehead atoms. The largest absolute Gasteiger partial charge is 0.481 e. The van der Waals surface area contributed by atoms with E-state index in [0.29, 0.717) is 6.54 Å². The molecule has 0 aromatic carbocycles. The molecule has 3 rings (SSSR count). The summed E-state index contributed by atoms with van der Waals surface area (Å²) in [6.45, 7) is 4.50. The average Bonchev–Trinajstić information content (AvgIpc) is 2.96. The van der Waals surface area contributed by atoms with Crippen LogP contribution < -0.4 is 0 Å². The van der Waals surface area contributed by atoms with Crippen LogP contribution in [0, 0.1) is 11.8 Å². The van der Waals surface area contributed by atoms with Crippen molar-refractivity contribution in [1.82, 2.24) is 4.90 Å². The summed E-state index contributed by atoms with van der Waals surface area (Å²) in [6, 6.07) is 0.128. The van der Waals surface area contributed by atoms with Crippen molar-refractivity contribution in [2.45, 2.75) is 38.0 Å². The zero-order valence-electron chi connectivity index (χ0n) is 10.5. The van der Waals surface area contributed by atoms with Crippen molar-refractivity contribution < 1.29 is 19.4 Å². The predicted octanol–water partition coefficient (Wildman–Crippen LogP) is 0.651. The van der Waals surface area contributed by atoms with Gasteiger partial charge in [0, 0.05) is 6.04 Å². The number of carbonyl (C=O) groups excluding carboxylic acids is 1. The van der Waals surface area contributed by atoms with Gasteiger partial charge in [-0.25, -0.2) is 0 Å². The van der Waals surface area contributed by atoms with Gasteiger partial charge in [0.2, 0.25) is 5.91 Å². The molecule has 0 saturated carbocycles. The van der Waals surface area contributed by atoms with Crippen LogP contribution in [0.3, 0.4) is 0 Å². The van der Waals surface area contributed by atoms with E-state index in [9.17, 15) is 14.7 Å². The number of carboxylic acids is 1. The SMILES string of the molecule is CC[C@@H](C)N1C[C@]23C=C[C@H](O2)[C@@H](C(=O)O)[C@@H]3C1=O. The highest BCUT2D eigenvalue weighted by Gasteiger charge is 2.67. The number of fused-ring (bicyclic) bond motifs is 1. The van der Waals surface area contributed by atoms with Gasteiger partial charge in [-0.15, -0.1) is 0 Å². The van der Waals surface area contributed by atoms with Crippen LogP contribution in [0.5, 0.6) is 0 Å². The molecule has 3 aliphatic heterocycles. The van der Waals surface area contributed by atoms with Crippen LogP contribution in [-0.2, 0) is 14.3 Å². The average molecular weight is 251 g/mol. The van der Waals surface area contributed by atoms with E-state index in [1.165, 1.54) is 0 Å². The van der Waals surface area contributed by atoms with E-state index in [1.807, 2.05) is 19.9 Å². The van der Waals surface area contributed by atoms with E-state index in [0.717, 1.165) is 6.42 Å². The summed E-state index contributed by atoms with van der Waals surface area (Å²) >= 11 is 0. The van der Waals surface area contributed by atoms with Gasteiger partial charge in [-0.3, -0.25) is 9.59 Å². The topological polar surface area (TPSA) is 66.8 Å². The number of carboxylic acid groups (broad SMARTS) is 1. The fraction of sp³-hybridized carbons (Fsp3) is 0.692. The Kier molecular flexibility index (Phi) is 2.32. The van der Waals surface area contributed by atoms with Gasteiger partial charge >= 0.3 is 5.97 Å². The Labute approximate surface area is 105 Å². The lowest BCUT2D eigenvalue weighted by Crippen LogP contribution is -2.40. The third-order valence-electron chi connectivity index (χ3n) is 4.54. The molecule has 2 saturated heterocycles. The number of amides is 1. The predicted molar refractivity (Wildman–Crippen MR) is 62.8 cm³/mol. The molecule has 2 fully saturated rings. The first-order chi connectivity index (χ1) is 8.50. The lowest BCUT2D eigenvalue weighted by Gasteiger charge is -2.26. The van der Waals surface area contributed by atoms with Crippen LogP contribution >= 0.6 is 0 Å². The number of aliphatic carboxylic acids is 1. The van der Waals surface area contributed by atoms with E-state index in [-0.39, 0.29) is 11.9 Å². The molecule has 5 atom stereocenters. The van der Waals surface area contributed by atoms with Crippen molar-refractivity contribution in [1.29, 1.82) is 0 Å². The fourth-order valence-electron chi connectivity index (χ4n) is 3.40. The first-order valence-electron chi connectivity index (χ1n) is 6.40. The highest BCUT2D eigenvalue weighted by molar-refractivity contribution is 5.90. The molecule has 0 radical (unpaired) electrons. The number of likely N-dealkylation sites (tertiary alicyclic amines) is 1. The zero-order valence-corrected chi connectivity index (χ0v) is 10.5. The van der Waals surface area contributed by atoms with Gasteiger partial charge in [0.25, 0.3) is 0 Å². The van der Waals surface area contributed by atoms with Crippen molar-refractivity contribution in [3.63, 3.8) is 0 Å². The summed E-state index contributed by atoms with van der Waals surface area (Å²) in [6.07, 6.45) is 4.11. The first-order valence-corrected chi connectivity index (χ1v) is 6.40. The molecular weight excluding hydrogens is 234 g/mol. The molecule has 18 heavy (non-hydrogen) atoms. The Balaban J connectivity index is 1.97. The van der Waals surface area contributed by atoms with Crippen LogP contribution in [0.1, 0.15) is 20.3 Å². The van der Waals surface area contributed by atoms with Gasteiger partial charge in [-0.1, -0.05) is 19.1 Å². The van der Waals surface area contributed by atoms with Gasteiger partial charge in [0.1, 0.15) is 11.5 Å². The number of hydrogen-bond donors (Lipinski definition) is 1. The summed E-state index contributed by atoms with van der Waals surface area (Å²) in [7, 11) is 0. The number of ether oxygens (including phenoxy) is 1. The highest BCUT2D eigenvalue weighted by Crippen LogP contribution is 2.52. The Hall–Kier alpha value is -1.36. The minimum atomic E-state index is -0.935. The molecule has 98 valence electrons. The van der Waals surface area contributed by atoms with Crippen molar-refractivity contribution in [2.75, 3.05) is 6.54 Å². The van der Waals surface area contributed by atoms with Gasteiger partial charge < -0.3 is 14.7 Å². The van der Waals surface area contributed by atoms with Crippen molar-refractivity contribution >= 4 is 11.9 Å². The van der Waals surface area contributed by atoms with Crippen LogP contribution in [0.4, 0.5) is 0 Å². The maximum Gasteiger partial charge on any atom is 0.310 e. The molecule has 1 N–H and O–H groups in total.